The minimum absolute atomic E-state index is 1.09. The van der Waals surface area contributed by atoms with E-state index in [1.54, 1.807) is 0 Å². The SMILES string of the molecule is CCCCCc1cc2c(c(C)n1)c1ccccc1n2C. The van der Waals surface area contributed by atoms with Gasteiger partial charge in [-0.25, -0.2) is 0 Å². The number of aryl methyl sites for hydroxylation is 3. The van der Waals surface area contributed by atoms with Crippen LogP contribution in [0.2, 0.25) is 0 Å². The van der Waals surface area contributed by atoms with Crippen molar-refractivity contribution in [1.82, 2.24) is 9.55 Å². The Labute approximate surface area is 120 Å². The number of unbranched alkanes of at least 4 members (excludes halogenated alkanes) is 2. The molecule has 0 saturated heterocycles. The maximum Gasteiger partial charge on any atom is 0.0525 e. The van der Waals surface area contributed by atoms with Crippen LogP contribution in [-0.2, 0) is 13.5 Å². The summed E-state index contributed by atoms with van der Waals surface area (Å²) in [5, 5.41) is 2.62. The second-order valence-electron chi connectivity index (χ2n) is 5.63. The van der Waals surface area contributed by atoms with Gasteiger partial charge >= 0.3 is 0 Å². The molecule has 2 heterocycles. The molecule has 3 rings (SSSR count). The summed E-state index contributed by atoms with van der Waals surface area (Å²) in [6.45, 7) is 4.38. The van der Waals surface area contributed by atoms with Crippen molar-refractivity contribution in [3.8, 4) is 0 Å². The molecule has 0 aliphatic carbocycles. The Balaban J connectivity index is 2.16. The summed E-state index contributed by atoms with van der Waals surface area (Å²) in [6.07, 6.45) is 4.87. The third-order valence-corrected chi connectivity index (χ3v) is 4.17. The van der Waals surface area contributed by atoms with Crippen molar-refractivity contribution >= 4 is 21.8 Å². The fourth-order valence-electron chi connectivity index (χ4n) is 3.11. The molecule has 0 aliphatic heterocycles. The average molecular weight is 266 g/mol. The Hall–Kier alpha value is -1.83. The lowest BCUT2D eigenvalue weighted by Gasteiger charge is -2.05. The lowest BCUT2D eigenvalue weighted by atomic mass is 10.1. The molecule has 0 fully saturated rings. The molecule has 0 saturated carbocycles. The molecule has 2 nitrogen and oxygen atoms in total. The average Bonchev–Trinajstić information content (AvgIpc) is 2.74. The van der Waals surface area contributed by atoms with Gasteiger partial charge in [-0.15, -0.1) is 0 Å². The molecule has 2 heteroatoms. The van der Waals surface area contributed by atoms with Crippen LogP contribution < -0.4 is 0 Å². The lowest BCUT2D eigenvalue weighted by molar-refractivity contribution is 0.706. The van der Waals surface area contributed by atoms with Crippen LogP contribution in [0.25, 0.3) is 21.8 Å². The van der Waals surface area contributed by atoms with E-state index in [4.69, 9.17) is 4.98 Å². The third kappa shape index (κ3) is 2.09. The van der Waals surface area contributed by atoms with Gasteiger partial charge < -0.3 is 4.57 Å². The third-order valence-electron chi connectivity index (χ3n) is 4.17. The van der Waals surface area contributed by atoms with Crippen molar-refractivity contribution in [2.75, 3.05) is 0 Å². The first-order valence-corrected chi connectivity index (χ1v) is 7.56. The summed E-state index contributed by atoms with van der Waals surface area (Å²) in [5.41, 5.74) is 4.99. The first-order chi connectivity index (χ1) is 9.72. The summed E-state index contributed by atoms with van der Waals surface area (Å²) >= 11 is 0. The van der Waals surface area contributed by atoms with Crippen LogP contribution in [-0.4, -0.2) is 9.55 Å². The smallest absolute Gasteiger partial charge is 0.0525 e. The van der Waals surface area contributed by atoms with E-state index in [9.17, 15) is 0 Å². The van der Waals surface area contributed by atoms with E-state index < -0.39 is 0 Å². The molecule has 0 aliphatic rings. The molecule has 20 heavy (non-hydrogen) atoms. The van der Waals surface area contributed by atoms with Crippen molar-refractivity contribution in [3.05, 3.63) is 41.7 Å². The fraction of sp³-hybridized carbons (Fsp3) is 0.389. The van der Waals surface area contributed by atoms with Crippen LogP contribution in [0.3, 0.4) is 0 Å². The first-order valence-electron chi connectivity index (χ1n) is 7.56. The van der Waals surface area contributed by atoms with Gasteiger partial charge in [-0.05, 0) is 31.9 Å². The summed E-state index contributed by atoms with van der Waals surface area (Å²) in [5.74, 6) is 0. The molecule has 0 unspecified atom stereocenters. The Morgan fingerprint density at radius 3 is 2.70 bits per heavy atom. The zero-order chi connectivity index (χ0) is 14.1. The molecule has 0 spiro atoms. The minimum atomic E-state index is 1.09. The number of pyridine rings is 1. The van der Waals surface area contributed by atoms with E-state index in [1.807, 2.05) is 0 Å². The molecule has 0 bridgehead atoms. The molecule has 0 radical (unpaired) electrons. The minimum Gasteiger partial charge on any atom is -0.343 e. The highest BCUT2D eigenvalue weighted by Crippen LogP contribution is 2.30. The number of aromatic nitrogens is 2. The second-order valence-corrected chi connectivity index (χ2v) is 5.63. The molecule has 2 aromatic heterocycles. The van der Waals surface area contributed by atoms with Crippen LogP contribution in [0.1, 0.15) is 37.6 Å². The largest absolute Gasteiger partial charge is 0.343 e. The molecule has 0 atom stereocenters. The van der Waals surface area contributed by atoms with Gasteiger partial charge in [0.1, 0.15) is 0 Å². The van der Waals surface area contributed by atoms with Crippen LogP contribution in [0.15, 0.2) is 30.3 Å². The molecular weight excluding hydrogens is 244 g/mol. The van der Waals surface area contributed by atoms with E-state index in [0.29, 0.717) is 0 Å². The molecular formula is C18H22N2. The summed E-state index contributed by atoms with van der Waals surface area (Å²) in [7, 11) is 2.15. The van der Waals surface area contributed by atoms with Crippen LogP contribution in [0.5, 0.6) is 0 Å². The van der Waals surface area contributed by atoms with Gasteiger partial charge in [-0.1, -0.05) is 38.0 Å². The zero-order valence-electron chi connectivity index (χ0n) is 12.6. The predicted octanol–water partition coefficient (Wildman–Crippen LogP) is 4.77. The second kappa shape index (κ2) is 5.28. The fourth-order valence-corrected chi connectivity index (χ4v) is 3.11. The normalized spacial score (nSPS) is 11.6. The lowest BCUT2D eigenvalue weighted by Crippen LogP contribution is -1.95. The predicted molar refractivity (Wildman–Crippen MR) is 86.2 cm³/mol. The van der Waals surface area contributed by atoms with Gasteiger partial charge in [0.25, 0.3) is 0 Å². The number of hydrogen-bond donors (Lipinski definition) is 0. The number of rotatable bonds is 4. The first kappa shape index (κ1) is 13.2. The summed E-state index contributed by atoms with van der Waals surface area (Å²) < 4.78 is 2.29. The molecule has 104 valence electrons. The maximum atomic E-state index is 4.82. The van der Waals surface area contributed by atoms with Crippen LogP contribution >= 0.6 is 0 Å². The standard InChI is InChI=1S/C18H22N2/c1-4-5-6-9-14-12-17-18(13(2)19-14)15-10-7-8-11-16(15)20(17)3/h7-8,10-12H,4-6,9H2,1-3H3. The Kier molecular flexibility index (Phi) is 3.47. The van der Waals surface area contributed by atoms with Crippen molar-refractivity contribution in [3.63, 3.8) is 0 Å². The van der Waals surface area contributed by atoms with Crippen LogP contribution in [0, 0.1) is 6.92 Å². The number of benzene rings is 1. The van der Waals surface area contributed by atoms with Gasteiger partial charge in [0.05, 0.1) is 5.52 Å². The van der Waals surface area contributed by atoms with Gasteiger partial charge in [-0.3, -0.25) is 4.98 Å². The maximum absolute atomic E-state index is 4.82. The molecule has 1 aromatic carbocycles. The van der Waals surface area contributed by atoms with E-state index >= 15 is 0 Å². The highest BCUT2D eigenvalue weighted by atomic mass is 14.9. The van der Waals surface area contributed by atoms with Crippen molar-refractivity contribution in [2.24, 2.45) is 7.05 Å². The molecule has 3 aromatic rings. The van der Waals surface area contributed by atoms with Crippen molar-refractivity contribution in [1.29, 1.82) is 0 Å². The van der Waals surface area contributed by atoms with E-state index in [2.05, 4.69) is 55.8 Å². The molecule has 0 N–H and O–H groups in total. The Morgan fingerprint density at radius 1 is 1.10 bits per heavy atom. The number of fused-ring (bicyclic) bond motifs is 3. The van der Waals surface area contributed by atoms with Gasteiger partial charge in [0.15, 0.2) is 0 Å². The highest BCUT2D eigenvalue weighted by Gasteiger charge is 2.11. The quantitative estimate of drug-likeness (QED) is 0.622. The van der Waals surface area contributed by atoms with E-state index in [0.717, 1.165) is 12.1 Å². The summed E-state index contributed by atoms with van der Waals surface area (Å²) in [4.78, 5) is 4.82. The Morgan fingerprint density at radius 2 is 1.90 bits per heavy atom. The topological polar surface area (TPSA) is 17.8 Å². The molecule has 0 amide bonds. The monoisotopic (exact) mass is 266 g/mol. The van der Waals surface area contributed by atoms with E-state index in [-0.39, 0.29) is 0 Å². The number of hydrogen-bond acceptors (Lipinski definition) is 1. The number of nitrogens with zero attached hydrogens (tertiary/aromatic N) is 2. The highest BCUT2D eigenvalue weighted by molar-refractivity contribution is 6.09. The van der Waals surface area contributed by atoms with Crippen molar-refractivity contribution in [2.45, 2.75) is 39.5 Å². The number of para-hydroxylation sites is 1. The summed E-state index contributed by atoms with van der Waals surface area (Å²) in [6, 6.07) is 10.9. The van der Waals surface area contributed by atoms with Crippen molar-refractivity contribution < 1.29 is 0 Å². The van der Waals surface area contributed by atoms with Gasteiger partial charge in [-0.2, -0.15) is 0 Å². The van der Waals surface area contributed by atoms with E-state index in [1.165, 1.54) is 46.8 Å². The van der Waals surface area contributed by atoms with Crippen LogP contribution in [0.4, 0.5) is 0 Å². The Bertz CT molecular complexity index is 753. The van der Waals surface area contributed by atoms with Gasteiger partial charge in [0.2, 0.25) is 0 Å². The zero-order valence-corrected chi connectivity index (χ0v) is 12.6. The van der Waals surface area contributed by atoms with Gasteiger partial charge in [0, 0.05) is 34.7 Å².